The SMILES string of the molecule is COC(=O)Cc1ccc(N2C(=O)C(=O)/C(=C(\O)c3ccc(OC)c(Cl)c3)C2c2cccc(OC)c2)cc1. The molecule has 1 aliphatic heterocycles. The minimum Gasteiger partial charge on any atom is -0.507 e. The summed E-state index contributed by atoms with van der Waals surface area (Å²) in [5, 5.41) is 11.5. The molecule has 1 atom stereocenters. The second-order valence-electron chi connectivity index (χ2n) is 8.21. The van der Waals surface area contributed by atoms with Gasteiger partial charge in [-0.2, -0.15) is 0 Å². The molecule has 1 fully saturated rings. The molecule has 8 nitrogen and oxygen atoms in total. The van der Waals surface area contributed by atoms with Gasteiger partial charge in [0.25, 0.3) is 11.7 Å². The zero-order valence-corrected chi connectivity index (χ0v) is 21.1. The third-order valence-corrected chi connectivity index (χ3v) is 6.37. The molecular weight excluding hydrogens is 498 g/mol. The molecule has 9 heteroatoms. The summed E-state index contributed by atoms with van der Waals surface area (Å²) in [6, 6.07) is 17.2. The maximum atomic E-state index is 13.3. The molecular formula is C28H24ClNO7. The van der Waals surface area contributed by atoms with E-state index in [1.165, 1.54) is 32.3 Å². The van der Waals surface area contributed by atoms with Gasteiger partial charge in [0.1, 0.15) is 17.3 Å². The van der Waals surface area contributed by atoms with E-state index in [4.69, 9.17) is 25.8 Å². The highest BCUT2D eigenvalue weighted by Gasteiger charge is 2.47. The molecule has 1 heterocycles. The van der Waals surface area contributed by atoms with Crippen LogP contribution in [0.4, 0.5) is 5.69 Å². The average molecular weight is 522 g/mol. The van der Waals surface area contributed by atoms with Crippen LogP contribution < -0.4 is 14.4 Å². The lowest BCUT2D eigenvalue weighted by atomic mass is 9.95. The molecule has 1 amide bonds. The summed E-state index contributed by atoms with van der Waals surface area (Å²) in [5.74, 6) is -1.52. The Balaban J connectivity index is 1.87. The minimum absolute atomic E-state index is 0.0626. The molecule has 1 saturated heterocycles. The van der Waals surface area contributed by atoms with Crippen molar-refractivity contribution in [2.75, 3.05) is 26.2 Å². The second-order valence-corrected chi connectivity index (χ2v) is 8.62. The van der Waals surface area contributed by atoms with E-state index < -0.39 is 23.7 Å². The predicted octanol–water partition coefficient (Wildman–Crippen LogP) is 4.70. The van der Waals surface area contributed by atoms with Crippen molar-refractivity contribution in [2.24, 2.45) is 0 Å². The van der Waals surface area contributed by atoms with Crippen molar-refractivity contribution >= 4 is 40.7 Å². The summed E-state index contributed by atoms with van der Waals surface area (Å²) in [6.07, 6.45) is 0.0626. The first-order valence-electron chi connectivity index (χ1n) is 11.2. The number of rotatable bonds is 7. The first-order valence-corrected chi connectivity index (χ1v) is 11.6. The first-order chi connectivity index (χ1) is 17.8. The van der Waals surface area contributed by atoms with E-state index in [9.17, 15) is 19.5 Å². The molecule has 0 radical (unpaired) electrons. The molecule has 37 heavy (non-hydrogen) atoms. The molecule has 3 aromatic rings. The lowest BCUT2D eigenvalue weighted by Gasteiger charge is -2.26. The molecule has 0 spiro atoms. The van der Waals surface area contributed by atoms with Crippen molar-refractivity contribution in [3.05, 3.63) is 94.0 Å². The van der Waals surface area contributed by atoms with E-state index in [0.717, 1.165) is 0 Å². The Morgan fingerprint density at radius 3 is 2.32 bits per heavy atom. The number of aliphatic hydroxyl groups excluding tert-OH is 1. The summed E-state index contributed by atoms with van der Waals surface area (Å²) < 4.78 is 15.2. The summed E-state index contributed by atoms with van der Waals surface area (Å²) in [6.45, 7) is 0. The van der Waals surface area contributed by atoms with Gasteiger partial charge in [0.05, 0.1) is 44.4 Å². The number of ether oxygens (including phenoxy) is 3. The number of esters is 1. The number of amides is 1. The van der Waals surface area contributed by atoms with E-state index in [1.807, 2.05) is 0 Å². The number of nitrogens with zero attached hydrogens (tertiary/aromatic N) is 1. The van der Waals surface area contributed by atoms with Crippen molar-refractivity contribution in [3.63, 3.8) is 0 Å². The number of halogens is 1. The molecule has 1 unspecified atom stereocenters. The van der Waals surface area contributed by atoms with E-state index in [-0.39, 0.29) is 28.3 Å². The molecule has 0 saturated carbocycles. The van der Waals surface area contributed by atoms with Crippen LogP contribution in [-0.2, 0) is 25.5 Å². The number of carbonyl (C=O) groups is 3. The number of hydrogen-bond acceptors (Lipinski definition) is 7. The molecule has 0 aromatic heterocycles. The van der Waals surface area contributed by atoms with Gasteiger partial charge in [0.15, 0.2) is 0 Å². The van der Waals surface area contributed by atoms with Crippen molar-refractivity contribution in [1.82, 2.24) is 0 Å². The van der Waals surface area contributed by atoms with Crippen LogP contribution in [0.1, 0.15) is 22.7 Å². The van der Waals surface area contributed by atoms with Crippen molar-refractivity contribution in [1.29, 1.82) is 0 Å². The van der Waals surface area contributed by atoms with Crippen LogP contribution in [-0.4, -0.2) is 44.1 Å². The fourth-order valence-electron chi connectivity index (χ4n) is 4.21. The minimum atomic E-state index is -0.956. The van der Waals surface area contributed by atoms with Crippen LogP contribution in [0.15, 0.2) is 72.3 Å². The Bertz CT molecular complexity index is 1400. The predicted molar refractivity (Wildman–Crippen MR) is 138 cm³/mol. The van der Waals surface area contributed by atoms with Crippen LogP contribution in [0.2, 0.25) is 5.02 Å². The number of hydrogen-bond donors (Lipinski definition) is 1. The van der Waals surface area contributed by atoms with E-state index in [2.05, 4.69) is 0 Å². The highest BCUT2D eigenvalue weighted by molar-refractivity contribution is 6.51. The standard InChI is InChI=1S/C28H24ClNO7/c1-35-20-6-4-5-17(14-20)25-24(26(32)18-9-12-22(36-2)21(29)15-18)27(33)28(34)30(25)19-10-7-16(8-11-19)13-23(31)37-3/h4-12,14-15,25,32H,13H2,1-3H3/b26-24-. The van der Waals surface area contributed by atoms with Crippen molar-refractivity contribution in [2.45, 2.75) is 12.5 Å². The van der Waals surface area contributed by atoms with Crippen LogP contribution in [0, 0.1) is 0 Å². The molecule has 4 rings (SSSR count). The lowest BCUT2D eigenvalue weighted by molar-refractivity contribution is -0.139. The van der Waals surface area contributed by atoms with Gasteiger partial charge < -0.3 is 19.3 Å². The van der Waals surface area contributed by atoms with Crippen LogP contribution in [0.5, 0.6) is 11.5 Å². The molecule has 0 aliphatic carbocycles. The largest absolute Gasteiger partial charge is 0.507 e. The first kappa shape index (κ1) is 25.8. The van der Waals surface area contributed by atoms with Gasteiger partial charge in [-0.3, -0.25) is 19.3 Å². The van der Waals surface area contributed by atoms with Gasteiger partial charge in [-0.1, -0.05) is 35.9 Å². The second kappa shape index (κ2) is 10.8. The van der Waals surface area contributed by atoms with Gasteiger partial charge in [0.2, 0.25) is 0 Å². The normalized spacial score (nSPS) is 16.5. The van der Waals surface area contributed by atoms with Gasteiger partial charge in [-0.15, -0.1) is 0 Å². The van der Waals surface area contributed by atoms with Crippen LogP contribution in [0.3, 0.4) is 0 Å². The molecule has 0 bridgehead atoms. The highest BCUT2D eigenvalue weighted by atomic mass is 35.5. The molecule has 1 N–H and O–H groups in total. The number of ketones is 1. The third-order valence-electron chi connectivity index (χ3n) is 6.07. The number of methoxy groups -OCH3 is 3. The summed E-state index contributed by atoms with van der Waals surface area (Å²) in [7, 11) is 4.28. The Morgan fingerprint density at radius 1 is 0.973 bits per heavy atom. The maximum absolute atomic E-state index is 13.3. The topological polar surface area (TPSA) is 102 Å². The Morgan fingerprint density at radius 2 is 1.70 bits per heavy atom. The summed E-state index contributed by atoms with van der Waals surface area (Å²) >= 11 is 6.25. The summed E-state index contributed by atoms with van der Waals surface area (Å²) in [5.41, 5.74) is 1.80. The Hall–Kier alpha value is -4.30. The van der Waals surface area contributed by atoms with Crippen molar-refractivity contribution < 1.29 is 33.7 Å². The number of carbonyl (C=O) groups excluding carboxylic acids is 3. The smallest absolute Gasteiger partial charge is 0.309 e. The zero-order chi connectivity index (χ0) is 26.7. The fourth-order valence-corrected chi connectivity index (χ4v) is 4.47. The van der Waals surface area contributed by atoms with E-state index in [0.29, 0.717) is 28.3 Å². The molecule has 3 aromatic carbocycles. The highest BCUT2D eigenvalue weighted by Crippen LogP contribution is 2.43. The summed E-state index contributed by atoms with van der Waals surface area (Å²) in [4.78, 5) is 39.6. The molecule has 190 valence electrons. The molecule has 1 aliphatic rings. The fraction of sp³-hybridized carbons (Fsp3) is 0.179. The van der Waals surface area contributed by atoms with Crippen molar-refractivity contribution in [3.8, 4) is 11.5 Å². The van der Waals surface area contributed by atoms with E-state index in [1.54, 1.807) is 60.7 Å². The van der Waals surface area contributed by atoms with E-state index >= 15 is 0 Å². The van der Waals surface area contributed by atoms with Gasteiger partial charge in [-0.25, -0.2) is 0 Å². The van der Waals surface area contributed by atoms with Crippen LogP contribution in [0.25, 0.3) is 5.76 Å². The quantitative estimate of drug-likeness (QED) is 0.208. The third kappa shape index (κ3) is 5.01. The monoisotopic (exact) mass is 521 g/mol. The number of anilines is 1. The number of benzene rings is 3. The van der Waals surface area contributed by atoms with Crippen LogP contribution >= 0.6 is 11.6 Å². The number of aliphatic hydroxyl groups is 1. The average Bonchev–Trinajstić information content (AvgIpc) is 3.18. The van der Waals surface area contributed by atoms with Gasteiger partial charge in [0, 0.05) is 11.3 Å². The zero-order valence-electron chi connectivity index (χ0n) is 20.4. The Labute approximate surface area is 218 Å². The van der Waals surface area contributed by atoms with Gasteiger partial charge >= 0.3 is 5.97 Å². The lowest BCUT2D eigenvalue weighted by Crippen LogP contribution is -2.29. The number of Topliss-reactive ketones (excluding diaryl/α,β-unsaturated/α-hetero) is 1. The Kier molecular flexibility index (Phi) is 7.50. The maximum Gasteiger partial charge on any atom is 0.309 e. The van der Waals surface area contributed by atoms with Gasteiger partial charge in [-0.05, 0) is 53.6 Å².